The van der Waals surface area contributed by atoms with Gasteiger partial charge in [0.2, 0.25) is 0 Å². The first-order valence-electron chi connectivity index (χ1n) is 5.10. The predicted molar refractivity (Wildman–Crippen MR) is 59.6 cm³/mol. The normalized spacial score (nSPS) is 10.8. The van der Waals surface area contributed by atoms with Gasteiger partial charge in [0.25, 0.3) is 0 Å². The summed E-state index contributed by atoms with van der Waals surface area (Å²) in [5.41, 5.74) is 0. The van der Waals surface area contributed by atoms with Gasteiger partial charge in [0.1, 0.15) is 11.6 Å². The zero-order valence-corrected chi connectivity index (χ0v) is 10.2. The molecule has 0 spiro atoms. The van der Waals surface area contributed by atoms with Gasteiger partial charge in [-0.2, -0.15) is 0 Å². The van der Waals surface area contributed by atoms with Crippen LogP contribution in [0.4, 0.5) is 0 Å². The molecule has 0 radical (unpaired) electrons. The molecule has 2 N–H and O–H groups in total. The summed E-state index contributed by atoms with van der Waals surface area (Å²) in [5.74, 6) is -2.52. The Balaban J connectivity index is 0. The molecule has 0 saturated carbocycles. The van der Waals surface area contributed by atoms with Crippen molar-refractivity contribution >= 4 is 23.5 Å². The van der Waals surface area contributed by atoms with E-state index in [9.17, 15) is 19.2 Å². The Labute approximate surface area is 99.6 Å². The molecule has 6 nitrogen and oxygen atoms in total. The third-order valence-electron chi connectivity index (χ3n) is 1.71. The van der Waals surface area contributed by atoms with Crippen LogP contribution >= 0.6 is 0 Å². The Morgan fingerprint density at radius 1 is 0.941 bits per heavy atom. The SMILES string of the molecule is CC(=O)CC(C)C(=O)O.CC(=O)CCC(=O)O. The molecule has 98 valence electrons. The third kappa shape index (κ3) is 16.9. The van der Waals surface area contributed by atoms with Crippen molar-refractivity contribution in [1.82, 2.24) is 0 Å². The van der Waals surface area contributed by atoms with Gasteiger partial charge in [0.05, 0.1) is 12.3 Å². The summed E-state index contributed by atoms with van der Waals surface area (Å²) < 4.78 is 0. The van der Waals surface area contributed by atoms with Crippen molar-refractivity contribution in [3.63, 3.8) is 0 Å². The summed E-state index contributed by atoms with van der Waals surface area (Å²) in [4.78, 5) is 40.2. The first-order valence-corrected chi connectivity index (χ1v) is 5.10. The highest BCUT2D eigenvalue weighted by atomic mass is 16.4. The molecule has 0 saturated heterocycles. The van der Waals surface area contributed by atoms with Crippen molar-refractivity contribution in [3.8, 4) is 0 Å². The van der Waals surface area contributed by atoms with Gasteiger partial charge in [-0.1, -0.05) is 6.92 Å². The monoisotopic (exact) mass is 246 g/mol. The highest BCUT2D eigenvalue weighted by molar-refractivity contribution is 5.81. The molecule has 1 atom stereocenters. The minimum Gasteiger partial charge on any atom is -0.481 e. The molecule has 0 aromatic rings. The fourth-order valence-electron chi connectivity index (χ4n) is 0.801. The van der Waals surface area contributed by atoms with Gasteiger partial charge in [-0.05, 0) is 13.8 Å². The number of carbonyl (C=O) groups is 4. The van der Waals surface area contributed by atoms with Crippen LogP contribution in [0.15, 0.2) is 0 Å². The van der Waals surface area contributed by atoms with E-state index in [0.29, 0.717) is 0 Å². The van der Waals surface area contributed by atoms with Crippen molar-refractivity contribution in [2.45, 2.75) is 40.0 Å². The minimum absolute atomic E-state index is 0.0463. The smallest absolute Gasteiger partial charge is 0.306 e. The van der Waals surface area contributed by atoms with Crippen LogP contribution in [0, 0.1) is 5.92 Å². The summed E-state index contributed by atoms with van der Waals surface area (Å²) in [6.07, 6.45) is 0.236. The summed E-state index contributed by atoms with van der Waals surface area (Å²) in [6, 6.07) is 0. The first kappa shape index (κ1) is 17.7. The molecule has 0 bridgehead atoms. The van der Waals surface area contributed by atoms with Crippen LogP contribution in [-0.4, -0.2) is 33.7 Å². The van der Waals surface area contributed by atoms with Crippen molar-refractivity contribution < 1.29 is 29.4 Å². The largest absolute Gasteiger partial charge is 0.481 e. The maximum Gasteiger partial charge on any atom is 0.306 e. The second-order valence-electron chi connectivity index (χ2n) is 3.74. The quantitative estimate of drug-likeness (QED) is 0.727. The van der Waals surface area contributed by atoms with Crippen LogP contribution in [0.2, 0.25) is 0 Å². The summed E-state index contributed by atoms with van der Waals surface area (Å²) >= 11 is 0. The molecule has 0 aliphatic rings. The number of rotatable bonds is 6. The highest BCUT2D eigenvalue weighted by Crippen LogP contribution is 2.00. The Bertz CT molecular complexity index is 280. The Hall–Kier alpha value is -1.72. The average molecular weight is 246 g/mol. The van der Waals surface area contributed by atoms with Gasteiger partial charge in [0, 0.05) is 12.8 Å². The van der Waals surface area contributed by atoms with Gasteiger partial charge < -0.3 is 19.8 Å². The topological polar surface area (TPSA) is 109 Å². The Morgan fingerprint density at radius 2 is 1.41 bits per heavy atom. The first-order chi connectivity index (χ1) is 7.66. The Morgan fingerprint density at radius 3 is 1.53 bits per heavy atom. The number of Topliss-reactive ketones (excluding diaryl/α,β-unsaturated/α-hetero) is 2. The van der Waals surface area contributed by atoms with E-state index in [0.717, 1.165) is 0 Å². The molecule has 0 heterocycles. The van der Waals surface area contributed by atoms with Gasteiger partial charge >= 0.3 is 11.9 Å². The molecule has 17 heavy (non-hydrogen) atoms. The van der Waals surface area contributed by atoms with Crippen LogP contribution in [0.1, 0.15) is 40.0 Å². The standard InChI is InChI=1S/C6H10O3.C5H8O3/c1-4(6(8)9)3-5(2)7;1-4(6)2-3-5(7)8/h4H,3H2,1-2H3,(H,8,9);2-3H2,1H3,(H,7,8). The lowest BCUT2D eigenvalue weighted by molar-refractivity contribution is -0.142. The van der Waals surface area contributed by atoms with Crippen LogP contribution < -0.4 is 0 Å². The lowest BCUT2D eigenvalue weighted by Crippen LogP contribution is -2.12. The van der Waals surface area contributed by atoms with Gasteiger partial charge in [-0.15, -0.1) is 0 Å². The summed E-state index contributed by atoms with van der Waals surface area (Å²) in [5, 5.41) is 16.3. The van der Waals surface area contributed by atoms with Crippen molar-refractivity contribution in [3.05, 3.63) is 0 Å². The highest BCUT2D eigenvalue weighted by Gasteiger charge is 2.11. The molecule has 0 fully saturated rings. The lowest BCUT2D eigenvalue weighted by Gasteiger charge is -1.99. The number of carbonyl (C=O) groups excluding carboxylic acids is 2. The van der Waals surface area contributed by atoms with E-state index in [1.807, 2.05) is 0 Å². The zero-order valence-electron chi connectivity index (χ0n) is 10.2. The third-order valence-corrected chi connectivity index (χ3v) is 1.71. The maximum atomic E-state index is 10.3. The van der Waals surface area contributed by atoms with E-state index in [1.54, 1.807) is 0 Å². The number of carboxylic acids is 2. The molecule has 0 rings (SSSR count). The van der Waals surface area contributed by atoms with Gasteiger partial charge in [-0.3, -0.25) is 9.59 Å². The molecule has 0 amide bonds. The van der Waals surface area contributed by atoms with Crippen molar-refractivity contribution in [2.75, 3.05) is 0 Å². The van der Waals surface area contributed by atoms with E-state index in [4.69, 9.17) is 10.2 Å². The van der Waals surface area contributed by atoms with Gasteiger partial charge in [0.15, 0.2) is 0 Å². The van der Waals surface area contributed by atoms with E-state index < -0.39 is 17.9 Å². The van der Waals surface area contributed by atoms with Crippen LogP contribution in [0.5, 0.6) is 0 Å². The van der Waals surface area contributed by atoms with Crippen LogP contribution in [0.3, 0.4) is 0 Å². The maximum absolute atomic E-state index is 10.3. The van der Waals surface area contributed by atoms with E-state index in [1.165, 1.54) is 20.8 Å². The number of hydrogen-bond acceptors (Lipinski definition) is 4. The average Bonchev–Trinajstić information content (AvgIpc) is 2.14. The lowest BCUT2D eigenvalue weighted by atomic mass is 10.1. The van der Waals surface area contributed by atoms with Crippen LogP contribution in [0.25, 0.3) is 0 Å². The van der Waals surface area contributed by atoms with Gasteiger partial charge in [-0.25, -0.2) is 0 Å². The fourth-order valence-corrected chi connectivity index (χ4v) is 0.801. The molecular formula is C11H18O6. The fraction of sp³-hybridized carbons (Fsp3) is 0.636. The molecule has 0 aliphatic heterocycles. The molecule has 0 aliphatic carbocycles. The number of ketones is 2. The second-order valence-corrected chi connectivity index (χ2v) is 3.74. The van der Waals surface area contributed by atoms with E-state index in [2.05, 4.69) is 0 Å². The predicted octanol–water partition coefficient (Wildman–Crippen LogP) is 1.13. The minimum atomic E-state index is -0.916. The summed E-state index contributed by atoms with van der Waals surface area (Å²) in [7, 11) is 0. The van der Waals surface area contributed by atoms with Crippen LogP contribution in [-0.2, 0) is 19.2 Å². The zero-order chi connectivity index (χ0) is 14.0. The molecular weight excluding hydrogens is 228 g/mol. The molecule has 0 aromatic carbocycles. The molecule has 6 heteroatoms. The summed E-state index contributed by atoms with van der Waals surface area (Å²) in [6.45, 7) is 4.28. The second kappa shape index (κ2) is 9.50. The molecule has 0 aromatic heterocycles. The van der Waals surface area contributed by atoms with E-state index >= 15 is 0 Å². The van der Waals surface area contributed by atoms with Crippen molar-refractivity contribution in [1.29, 1.82) is 0 Å². The number of aliphatic carboxylic acids is 2. The Kier molecular flexibility index (Phi) is 9.88. The number of hydrogen-bond donors (Lipinski definition) is 2. The molecule has 1 unspecified atom stereocenters. The van der Waals surface area contributed by atoms with E-state index in [-0.39, 0.29) is 30.8 Å². The number of carboxylic acid groups (broad SMARTS) is 2. The van der Waals surface area contributed by atoms with Crippen molar-refractivity contribution in [2.24, 2.45) is 5.92 Å².